The molecular formula is C12H16ClN5O. The van der Waals surface area contributed by atoms with E-state index in [1.807, 2.05) is 19.1 Å². The maximum Gasteiger partial charge on any atom is 0.121 e. The summed E-state index contributed by atoms with van der Waals surface area (Å²) in [5.74, 6) is 6.28. The maximum absolute atomic E-state index is 5.92. The summed E-state index contributed by atoms with van der Waals surface area (Å²) in [4.78, 5) is 0. The first-order chi connectivity index (χ1) is 9.11. The molecule has 0 saturated carbocycles. The molecule has 0 saturated heterocycles. The minimum atomic E-state index is -0.223. The summed E-state index contributed by atoms with van der Waals surface area (Å²) >= 11 is 5.92. The molecule has 0 aliphatic carbocycles. The Labute approximate surface area is 116 Å². The van der Waals surface area contributed by atoms with Crippen molar-refractivity contribution >= 4 is 11.6 Å². The van der Waals surface area contributed by atoms with Crippen molar-refractivity contribution in [3.63, 3.8) is 0 Å². The van der Waals surface area contributed by atoms with Crippen LogP contribution in [0.25, 0.3) is 0 Å². The molecule has 2 unspecified atom stereocenters. The van der Waals surface area contributed by atoms with Crippen LogP contribution in [0.4, 0.5) is 0 Å². The minimum absolute atomic E-state index is 0.208. The number of nitrogens with two attached hydrogens (primary N) is 1. The number of nitrogens with one attached hydrogen (secondary N) is 1. The molecule has 0 radical (unpaired) electrons. The number of hydrogen-bond acceptors (Lipinski definition) is 5. The fourth-order valence-corrected chi connectivity index (χ4v) is 2.04. The Hall–Kier alpha value is -1.63. The second kappa shape index (κ2) is 6.01. The molecule has 0 aliphatic heterocycles. The summed E-state index contributed by atoms with van der Waals surface area (Å²) in [7, 11) is 1.80. The first-order valence-electron chi connectivity index (χ1n) is 5.84. The summed E-state index contributed by atoms with van der Waals surface area (Å²) in [6.45, 7) is 1.92. The standard InChI is InChI=1S/C12H16ClN5O/c1-8(19-10-5-3-4-9(13)6-10)12(16-14)11-7-15-17-18(11)2/h3-8,12,16H,14H2,1-2H3. The molecule has 1 heterocycles. The van der Waals surface area contributed by atoms with Crippen molar-refractivity contribution < 1.29 is 4.74 Å². The third-order valence-electron chi connectivity index (χ3n) is 2.84. The van der Waals surface area contributed by atoms with E-state index in [-0.39, 0.29) is 12.1 Å². The highest BCUT2D eigenvalue weighted by molar-refractivity contribution is 6.30. The van der Waals surface area contributed by atoms with Gasteiger partial charge in [-0.25, -0.2) is 5.43 Å². The largest absolute Gasteiger partial charge is 0.489 e. The van der Waals surface area contributed by atoms with E-state index in [2.05, 4.69) is 15.7 Å². The molecule has 0 fully saturated rings. The highest BCUT2D eigenvalue weighted by atomic mass is 35.5. The first kappa shape index (κ1) is 13.8. The van der Waals surface area contributed by atoms with Gasteiger partial charge in [0.15, 0.2) is 0 Å². The minimum Gasteiger partial charge on any atom is -0.489 e. The SMILES string of the molecule is CC(Oc1cccc(Cl)c1)C(NN)c1cnnn1C. The Kier molecular flexibility index (Phi) is 4.36. The molecule has 0 spiro atoms. The van der Waals surface area contributed by atoms with Crippen molar-refractivity contribution in [2.24, 2.45) is 12.9 Å². The normalized spacial score (nSPS) is 14.1. The van der Waals surface area contributed by atoms with Gasteiger partial charge in [-0.2, -0.15) is 0 Å². The molecule has 7 heteroatoms. The zero-order valence-electron chi connectivity index (χ0n) is 10.7. The van der Waals surface area contributed by atoms with Crippen LogP contribution in [0.3, 0.4) is 0 Å². The third kappa shape index (κ3) is 3.23. The van der Waals surface area contributed by atoms with Gasteiger partial charge in [0.2, 0.25) is 0 Å². The van der Waals surface area contributed by atoms with Crippen LogP contribution in [0.5, 0.6) is 5.75 Å². The molecular weight excluding hydrogens is 266 g/mol. The average Bonchev–Trinajstić information content (AvgIpc) is 2.77. The topological polar surface area (TPSA) is 78.0 Å². The van der Waals surface area contributed by atoms with Crippen molar-refractivity contribution in [1.29, 1.82) is 0 Å². The molecule has 2 rings (SSSR count). The Morgan fingerprint density at radius 2 is 2.26 bits per heavy atom. The number of hydrogen-bond donors (Lipinski definition) is 2. The van der Waals surface area contributed by atoms with Crippen LogP contribution in [0.1, 0.15) is 18.7 Å². The molecule has 0 amide bonds. The second-order valence-corrected chi connectivity index (χ2v) is 4.64. The van der Waals surface area contributed by atoms with Gasteiger partial charge in [0.05, 0.1) is 11.9 Å². The number of aromatic nitrogens is 3. The lowest BCUT2D eigenvalue weighted by atomic mass is 10.1. The second-order valence-electron chi connectivity index (χ2n) is 4.21. The number of halogens is 1. The highest BCUT2D eigenvalue weighted by Crippen LogP contribution is 2.22. The van der Waals surface area contributed by atoms with Crippen molar-refractivity contribution in [2.75, 3.05) is 0 Å². The summed E-state index contributed by atoms with van der Waals surface area (Å²) in [6, 6.07) is 7.01. The molecule has 0 aliphatic rings. The Morgan fingerprint density at radius 1 is 1.47 bits per heavy atom. The van der Waals surface area contributed by atoms with Gasteiger partial charge >= 0.3 is 0 Å². The van der Waals surface area contributed by atoms with Gasteiger partial charge in [-0.05, 0) is 25.1 Å². The summed E-state index contributed by atoms with van der Waals surface area (Å²) in [5, 5.41) is 8.35. The van der Waals surface area contributed by atoms with Gasteiger partial charge in [0, 0.05) is 12.1 Å². The van der Waals surface area contributed by atoms with Crippen molar-refractivity contribution in [1.82, 2.24) is 20.4 Å². The van der Waals surface area contributed by atoms with E-state index in [0.717, 1.165) is 5.69 Å². The molecule has 6 nitrogen and oxygen atoms in total. The van der Waals surface area contributed by atoms with Gasteiger partial charge in [0.25, 0.3) is 0 Å². The Bertz CT molecular complexity index is 544. The van der Waals surface area contributed by atoms with Crippen LogP contribution in [0, 0.1) is 0 Å². The number of nitrogens with zero attached hydrogens (tertiary/aromatic N) is 3. The third-order valence-corrected chi connectivity index (χ3v) is 3.07. The Balaban J connectivity index is 2.14. The molecule has 2 atom stereocenters. The van der Waals surface area contributed by atoms with E-state index < -0.39 is 0 Å². The van der Waals surface area contributed by atoms with Gasteiger partial charge in [0.1, 0.15) is 17.9 Å². The number of benzene rings is 1. The molecule has 102 valence electrons. The van der Waals surface area contributed by atoms with Crippen LogP contribution in [-0.4, -0.2) is 21.1 Å². The molecule has 0 bridgehead atoms. The van der Waals surface area contributed by atoms with Gasteiger partial charge in [-0.3, -0.25) is 10.5 Å². The zero-order chi connectivity index (χ0) is 13.8. The molecule has 2 aromatic rings. The predicted molar refractivity (Wildman–Crippen MR) is 72.6 cm³/mol. The van der Waals surface area contributed by atoms with E-state index in [4.69, 9.17) is 22.2 Å². The number of ether oxygens (including phenoxy) is 1. The lowest BCUT2D eigenvalue weighted by Gasteiger charge is -2.24. The predicted octanol–water partition coefficient (Wildman–Crippen LogP) is 1.44. The van der Waals surface area contributed by atoms with E-state index in [9.17, 15) is 0 Å². The fourth-order valence-electron chi connectivity index (χ4n) is 1.86. The fraction of sp³-hybridized carbons (Fsp3) is 0.333. The van der Waals surface area contributed by atoms with E-state index in [1.165, 1.54) is 0 Å². The number of aryl methyl sites for hydroxylation is 1. The zero-order valence-corrected chi connectivity index (χ0v) is 11.5. The Morgan fingerprint density at radius 3 is 2.84 bits per heavy atom. The highest BCUT2D eigenvalue weighted by Gasteiger charge is 2.23. The molecule has 1 aromatic heterocycles. The first-order valence-corrected chi connectivity index (χ1v) is 6.22. The summed E-state index contributed by atoms with van der Waals surface area (Å²) < 4.78 is 7.49. The molecule has 3 N–H and O–H groups in total. The van der Waals surface area contributed by atoms with E-state index in [1.54, 1.807) is 30.1 Å². The van der Waals surface area contributed by atoms with Crippen molar-refractivity contribution in [3.05, 3.63) is 41.2 Å². The van der Waals surface area contributed by atoms with Crippen LogP contribution >= 0.6 is 11.6 Å². The number of hydrazine groups is 1. The summed E-state index contributed by atoms with van der Waals surface area (Å²) in [6.07, 6.45) is 1.45. The van der Waals surface area contributed by atoms with Gasteiger partial charge < -0.3 is 4.74 Å². The van der Waals surface area contributed by atoms with Crippen LogP contribution in [-0.2, 0) is 7.05 Å². The lowest BCUT2D eigenvalue weighted by Crippen LogP contribution is -2.39. The van der Waals surface area contributed by atoms with Crippen LogP contribution in [0.15, 0.2) is 30.5 Å². The van der Waals surface area contributed by atoms with E-state index >= 15 is 0 Å². The lowest BCUT2D eigenvalue weighted by molar-refractivity contribution is 0.166. The maximum atomic E-state index is 5.92. The quantitative estimate of drug-likeness (QED) is 0.640. The monoisotopic (exact) mass is 281 g/mol. The van der Waals surface area contributed by atoms with Gasteiger partial charge in [-0.1, -0.05) is 22.9 Å². The average molecular weight is 282 g/mol. The summed E-state index contributed by atoms with van der Waals surface area (Å²) in [5.41, 5.74) is 3.57. The smallest absolute Gasteiger partial charge is 0.121 e. The van der Waals surface area contributed by atoms with Crippen molar-refractivity contribution in [3.8, 4) is 5.75 Å². The van der Waals surface area contributed by atoms with Crippen molar-refractivity contribution in [2.45, 2.75) is 19.1 Å². The van der Waals surface area contributed by atoms with Gasteiger partial charge in [-0.15, -0.1) is 5.10 Å². The van der Waals surface area contributed by atoms with Crippen LogP contribution in [0.2, 0.25) is 5.02 Å². The molecule has 1 aromatic carbocycles. The molecule has 19 heavy (non-hydrogen) atoms. The number of rotatable bonds is 5. The van der Waals surface area contributed by atoms with E-state index in [0.29, 0.717) is 10.8 Å². The van der Waals surface area contributed by atoms with Crippen LogP contribution < -0.4 is 16.0 Å².